The molecule has 0 aliphatic carbocycles. The third-order valence-electron chi connectivity index (χ3n) is 3.75. The molecule has 0 bridgehead atoms. The van der Waals surface area contributed by atoms with Crippen molar-refractivity contribution in [3.8, 4) is 0 Å². The average Bonchev–Trinajstić information content (AvgIpc) is 2.64. The number of unbranched alkanes of at least 4 members (excludes halogenated alkanes) is 1. The zero-order valence-corrected chi connectivity index (χ0v) is 13.9. The van der Waals surface area contributed by atoms with E-state index in [4.69, 9.17) is 0 Å². The average molecular weight is 286 g/mol. The van der Waals surface area contributed by atoms with Gasteiger partial charge in [0, 0.05) is 11.8 Å². The van der Waals surface area contributed by atoms with Crippen LogP contribution in [0.3, 0.4) is 0 Å². The van der Waals surface area contributed by atoms with Crippen LogP contribution in [0.4, 0.5) is 0 Å². The summed E-state index contributed by atoms with van der Waals surface area (Å²) >= 11 is 1.83. The Morgan fingerprint density at radius 2 is 2.05 bits per heavy atom. The molecule has 0 aromatic rings. The summed E-state index contributed by atoms with van der Waals surface area (Å²) in [4.78, 5) is 14.6. The van der Waals surface area contributed by atoms with Crippen molar-refractivity contribution in [1.29, 1.82) is 0 Å². The van der Waals surface area contributed by atoms with Gasteiger partial charge in [-0.15, -0.1) is 0 Å². The molecule has 1 rings (SSSR count). The number of nitrogens with one attached hydrogen (secondary N) is 1. The van der Waals surface area contributed by atoms with Crippen LogP contribution < -0.4 is 5.32 Å². The van der Waals surface area contributed by atoms with Crippen molar-refractivity contribution in [3.05, 3.63) is 0 Å². The number of carbonyl (C=O) groups is 1. The molecule has 1 N–H and O–H groups in total. The minimum atomic E-state index is 0.0535. The Morgan fingerprint density at radius 1 is 1.37 bits per heavy atom. The van der Waals surface area contributed by atoms with E-state index < -0.39 is 0 Å². The van der Waals surface area contributed by atoms with Crippen molar-refractivity contribution in [2.24, 2.45) is 5.92 Å². The van der Waals surface area contributed by atoms with Crippen LogP contribution in [0, 0.1) is 5.92 Å². The van der Waals surface area contributed by atoms with Crippen molar-refractivity contribution >= 4 is 17.7 Å². The highest BCUT2D eigenvalue weighted by atomic mass is 32.2. The Hall–Kier alpha value is -0.220. The van der Waals surface area contributed by atoms with Crippen LogP contribution in [0.25, 0.3) is 0 Å². The third kappa shape index (κ3) is 4.99. The van der Waals surface area contributed by atoms with Gasteiger partial charge in [0.15, 0.2) is 0 Å². The van der Waals surface area contributed by atoms with Crippen LogP contribution >= 0.6 is 11.8 Å². The minimum Gasteiger partial charge on any atom is -0.325 e. The maximum absolute atomic E-state index is 12.5. The Morgan fingerprint density at radius 3 is 2.58 bits per heavy atom. The summed E-state index contributed by atoms with van der Waals surface area (Å²) < 4.78 is 0. The summed E-state index contributed by atoms with van der Waals surface area (Å²) in [7, 11) is 0. The molecule has 0 spiro atoms. The largest absolute Gasteiger partial charge is 0.325 e. The first-order valence-electron chi connectivity index (χ1n) is 7.58. The molecule has 3 atom stereocenters. The molecule has 0 aromatic carbocycles. The molecule has 1 aliphatic heterocycles. The molecule has 3 unspecified atom stereocenters. The number of rotatable bonds is 8. The Bertz CT molecular complexity index is 283. The van der Waals surface area contributed by atoms with Gasteiger partial charge in [0.1, 0.15) is 0 Å². The normalized spacial score (nSPS) is 25.4. The number of hydrogen-bond acceptors (Lipinski definition) is 3. The highest BCUT2D eigenvalue weighted by Gasteiger charge is 2.38. The first-order valence-corrected chi connectivity index (χ1v) is 8.87. The van der Waals surface area contributed by atoms with E-state index in [-0.39, 0.29) is 12.2 Å². The van der Waals surface area contributed by atoms with Crippen LogP contribution in [0.1, 0.15) is 53.4 Å². The Labute approximate surface area is 122 Å². The highest BCUT2D eigenvalue weighted by Crippen LogP contribution is 2.22. The lowest BCUT2D eigenvalue weighted by Crippen LogP contribution is -2.41. The second kappa shape index (κ2) is 8.15. The molecule has 1 saturated heterocycles. The van der Waals surface area contributed by atoms with Gasteiger partial charge in [-0.3, -0.25) is 10.1 Å². The summed E-state index contributed by atoms with van der Waals surface area (Å²) in [6, 6.07) is 0.0535. The van der Waals surface area contributed by atoms with E-state index in [9.17, 15) is 4.79 Å². The summed E-state index contributed by atoms with van der Waals surface area (Å²) in [6.45, 7) is 9.69. The number of hydrogen-bond donors (Lipinski definition) is 1. The standard InChI is InChI=1S/C15H30N2OS/c1-6-7-8-13-15(18)17(10-12(4)19-5)14(16-13)9-11(2)3/h11-14,16H,6-10H2,1-5H3. The fourth-order valence-electron chi connectivity index (χ4n) is 2.57. The Balaban J connectivity index is 2.67. The summed E-state index contributed by atoms with van der Waals surface area (Å²) in [5.74, 6) is 0.933. The van der Waals surface area contributed by atoms with Crippen molar-refractivity contribution < 1.29 is 4.79 Å². The second-order valence-corrected chi connectivity index (χ2v) is 7.32. The summed E-state index contributed by atoms with van der Waals surface area (Å²) in [6.07, 6.45) is 6.67. The van der Waals surface area contributed by atoms with E-state index in [1.54, 1.807) is 0 Å². The molecular weight excluding hydrogens is 256 g/mol. The molecule has 0 radical (unpaired) electrons. The molecule has 1 amide bonds. The van der Waals surface area contributed by atoms with E-state index in [1.165, 1.54) is 0 Å². The predicted octanol–water partition coefficient (Wildman–Crippen LogP) is 3.10. The molecule has 1 fully saturated rings. The van der Waals surface area contributed by atoms with Gasteiger partial charge in [0.2, 0.25) is 5.91 Å². The molecule has 1 aliphatic rings. The third-order valence-corrected chi connectivity index (χ3v) is 4.70. The van der Waals surface area contributed by atoms with Gasteiger partial charge < -0.3 is 4.90 Å². The molecular formula is C15H30N2OS. The molecule has 112 valence electrons. The summed E-state index contributed by atoms with van der Waals surface area (Å²) in [5.41, 5.74) is 0. The first-order chi connectivity index (χ1) is 8.99. The van der Waals surface area contributed by atoms with Gasteiger partial charge >= 0.3 is 0 Å². The van der Waals surface area contributed by atoms with Crippen LogP contribution in [0.2, 0.25) is 0 Å². The highest BCUT2D eigenvalue weighted by molar-refractivity contribution is 7.99. The number of carbonyl (C=O) groups excluding carboxylic acids is 1. The predicted molar refractivity (Wildman–Crippen MR) is 84.4 cm³/mol. The van der Waals surface area contributed by atoms with E-state index in [2.05, 4.69) is 44.2 Å². The van der Waals surface area contributed by atoms with Crippen molar-refractivity contribution in [2.45, 2.75) is 70.8 Å². The van der Waals surface area contributed by atoms with E-state index in [1.807, 2.05) is 11.8 Å². The first kappa shape index (κ1) is 16.8. The molecule has 19 heavy (non-hydrogen) atoms. The van der Waals surface area contributed by atoms with Gasteiger partial charge in [-0.05, 0) is 25.0 Å². The molecule has 3 nitrogen and oxygen atoms in total. The zero-order valence-electron chi connectivity index (χ0n) is 13.1. The monoisotopic (exact) mass is 286 g/mol. The lowest BCUT2D eigenvalue weighted by atomic mass is 10.1. The number of nitrogens with zero attached hydrogens (tertiary/aromatic N) is 1. The Kier molecular flexibility index (Phi) is 7.22. The molecule has 1 heterocycles. The van der Waals surface area contributed by atoms with Crippen molar-refractivity contribution in [3.63, 3.8) is 0 Å². The fourth-order valence-corrected chi connectivity index (χ4v) is 2.88. The fraction of sp³-hybridized carbons (Fsp3) is 0.933. The van der Waals surface area contributed by atoms with Crippen molar-refractivity contribution in [1.82, 2.24) is 10.2 Å². The van der Waals surface area contributed by atoms with Crippen LogP contribution in [-0.4, -0.2) is 41.1 Å². The zero-order chi connectivity index (χ0) is 14.4. The van der Waals surface area contributed by atoms with E-state index in [0.29, 0.717) is 17.1 Å². The number of amides is 1. The van der Waals surface area contributed by atoms with Gasteiger partial charge in [0.05, 0.1) is 12.2 Å². The lowest BCUT2D eigenvalue weighted by molar-refractivity contribution is -0.130. The van der Waals surface area contributed by atoms with E-state index >= 15 is 0 Å². The molecule has 0 saturated carbocycles. The minimum absolute atomic E-state index is 0.0535. The molecule has 4 heteroatoms. The quantitative estimate of drug-likeness (QED) is 0.744. The SMILES string of the molecule is CCCCC1NC(CC(C)C)N(CC(C)SC)C1=O. The maximum Gasteiger partial charge on any atom is 0.241 e. The van der Waals surface area contributed by atoms with Crippen molar-refractivity contribution in [2.75, 3.05) is 12.8 Å². The van der Waals surface area contributed by atoms with Gasteiger partial charge in [-0.1, -0.05) is 40.5 Å². The number of thioether (sulfide) groups is 1. The van der Waals surface area contributed by atoms with Crippen LogP contribution in [0.5, 0.6) is 0 Å². The van der Waals surface area contributed by atoms with Gasteiger partial charge in [0.25, 0.3) is 0 Å². The molecule has 0 aromatic heterocycles. The lowest BCUT2D eigenvalue weighted by Gasteiger charge is -2.27. The van der Waals surface area contributed by atoms with Gasteiger partial charge in [-0.2, -0.15) is 11.8 Å². The topological polar surface area (TPSA) is 32.3 Å². The second-order valence-electron chi connectivity index (χ2n) is 6.04. The van der Waals surface area contributed by atoms with Crippen LogP contribution in [0.15, 0.2) is 0 Å². The van der Waals surface area contributed by atoms with Crippen LogP contribution in [-0.2, 0) is 4.79 Å². The maximum atomic E-state index is 12.5. The van der Waals surface area contributed by atoms with E-state index in [0.717, 1.165) is 32.2 Å². The smallest absolute Gasteiger partial charge is 0.241 e. The summed E-state index contributed by atoms with van der Waals surface area (Å²) in [5, 5.41) is 4.06. The van der Waals surface area contributed by atoms with Gasteiger partial charge in [-0.25, -0.2) is 0 Å².